The van der Waals surface area contributed by atoms with E-state index in [0.717, 1.165) is 35.9 Å². The van der Waals surface area contributed by atoms with Gasteiger partial charge in [0.1, 0.15) is 0 Å². The molecular formula is C19H25N3O2S. The van der Waals surface area contributed by atoms with E-state index in [1.807, 2.05) is 24.9 Å². The van der Waals surface area contributed by atoms with Crippen molar-refractivity contribution in [3.63, 3.8) is 0 Å². The zero-order chi connectivity index (χ0) is 18.0. The average Bonchev–Trinajstić information content (AvgIpc) is 3.11. The number of ether oxygens (including phenoxy) is 1. The Bertz CT molecular complexity index is 840. The molecule has 0 saturated carbocycles. The molecule has 2 aromatic rings. The third-order valence-electron chi connectivity index (χ3n) is 4.94. The van der Waals surface area contributed by atoms with Gasteiger partial charge in [-0.1, -0.05) is 12.1 Å². The molecule has 3 rings (SSSR count). The van der Waals surface area contributed by atoms with Gasteiger partial charge >= 0.3 is 0 Å². The number of fused-ring (bicyclic) bond motifs is 1. The Morgan fingerprint density at radius 2 is 2.24 bits per heavy atom. The molecular weight excluding hydrogens is 334 g/mol. The summed E-state index contributed by atoms with van der Waals surface area (Å²) in [5.41, 5.74) is 3.86. The molecule has 2 N–H and O–H groups in total. The Morgan fingerprint density at radius 1 is 1.44 bits per heavy atom. The summed E-state index contributed by atoms with van der Waals surface area (Å²) in [5, 5.41) is 4.70. The van der Waals surface area contributed by atoms with E-state index in [-0.39, 0.29) is 11.7 Å². The van der Waals surface area contributed by atoms with Crippen LogP contribution < -0.4 is 10.9 Å². The van der Waals surface area contributed by atoms with E-state index < -0.39 is 0 Å². The number of aryl methyl sites for hydroxylation is 2. The summed E-state index contributed by atoms with van der Waals surface area (Å²) in [7, 11) is 1.81. The van der Waals surface area contributed by atoms with Crippen LogP contribution in [-0.2, 0) is 11.3 Å². The largest absolute Gasteiger partial charge is 0.376 e. The van der Waals surface area contributed by atoms with Gasteiger partial charge in [0.2, 0.25) is 0 Å². The lowest BCUT2D eigenvalue weighted by atomic mass is 10.0. The van der Waals surface area contributed by atoms with Crippen LogP contribution in [0.4, 0.5) is 0 Å². The van der Waals surface area contributed by atoms with Crippen LogP contribution >= 0.6 is 12.2 Å². The molecule has 0 aliphatic carbocycles. The fraction of sp³-hybridized carbons (Fsp3) is 0.474. The molecule has 6 heteroatoms. The van der Waals surface area contributed by atoms with E-state index in [9.17, 15) is 4.79 Å². The fourth-order valence-corrected chi connectivity index (χ4v) is 3.44. The number of pyridine rings is 1. The summed E-state index contributed by atoms with van der Waals surface area (Å²) in [6, 6.07) is 6.11. The molecule has 0 radical (unpaired) electrons. The highest BCUT2D eigenvalue weighted by atomic mass is 32.1. The zero-order valence-corrected chi connectivity index (χ0v) is 15.8. The number of benzene rings is 1. The van der Waals surface area contributed by atoms with Crippen molar-refractivity contribution in [1.82, 2.24) is 15.2 Å². The highest BCUT2D eigenvalue weighted by molar-refractivity contribution is 7.80. The highest BCUT2D eigenvalue weighted by Crippen LogP contribution is 2.20. The molecule has 1 unspecified atom stereocenters. The molecule has 1 aromatic heterocycles. The van der Waals surface area contributed by atoms with Crippen molar-refractivity contribution < 1.29 is 4.74 Å². The van der Waals surface area contributed by atoms with Crippen molar-refractivity contribution in [3.05, 3.63) is 45.2 Å². The van der Waals surface area contributed by atoms with E-state index in [0.29, 0.717) is 23.8 Å². The van der Waals surface area contributed by atoms with Crippen LogP contribution in [0.25, 0.3) is 10.9 Å². The number of aromatic nitrogens is 1. The Hall–Kier alpha value is -1.92. The Balaban J connectivity index is 1.90. The maximum atomic E-state index is 12.6. The summed E-state index contributed by atoms with van der Waals surface area (Å²) >= 11 is 5.43. The Kier molecular flexibility index (Phi) is 5.39. The monoisotopic (exact) mass is 359 g/mol. The van der Waals surface area contributed by atoms with Crippen molar-refractivity contribution >= 4 is 28.2 Å². The predicted molar refractivity (Wildman–Crippen MR) is 105 cm³/mol. The standard InChI is InChI=1S/C19H25N3O2S/c1-12-6-7-14-9-15(18(23)21-17(14)13(12)2)10-22(19(25)20-3)11-16-5-4-8-24-16/h6-7,9,16H,4-5,8,10-11H2,1-3H3,(H,20,25)(H,21,23). The minimum Gasteiger partial charge on any atom is -0.376 e. The van der Waals surface area contributed by atoms with Gasteiger partial charge in [0.15, 0.2) is 5.11 Å². The van der Waals surface area contributed by atoms with Gasteiger partial charge in [-0.3, -0.25) is 4.79 Å². The molecule has 0 bridgehead atoms. The third-order valence-corrected chi connectivity index (χ3v) is 5.40. The van der Waals surface area contributed by atoms with E-state index in [2.05, 4.69) is 29.4 Å². The Labute approximate surface area is 153 Å². The molecule has 1 atom stereocenters. The van der Waals surface area contributed by atoms with Crippen molar-refractivity contribution in [1.29, 1.82) is 0 Å². The molecule has 1 aliphatic rings. The molecule has 1 aliphatic heterocycles. The van der Waals surface area contributed by atoms with Crippen LogP contribution in [0.1, 0.15) is 29.5 Å². The molecule has 134 valence electrons. The molecule has 0 amide bonds. The van der Waals surface area contributed by atoms with Crippen molar-refractivity contribution in [3.8, 4) is 0 Å². The van der Waals surface area contributed by atoms with Gasteiger partial charge in [-0.2, -0.15) is 0 Å². The zero-order valence-electron chi connectivity index (χ0n) is 15.0. The minimum atomic E-state index is -0.0579. The number of hydrogen-bond donors (Lipinski definition) is 2. The smallest absolute Gasteiger partial charge is 0.253 e. The first-order valence-electron chi connectivity index (χ1n) is 8.70. The van der Waals surface area contributed by atoms with Crippen LogP contribution in [0.15, 0.2) is 23.0 Å². The fourth-order valence-electron chi connectivity index (χ4n) is 3.30. The van der Waals surface area contributed by atoms with Crippen LogP contribution in [0.5, 0.6) is 0 Å². The summed E-state index contributed by atoms with van der Waals surface area (Å²) in [6.45, 7) is 6.06. The topological polar surface area (TPSA) is 57.4 Å². The lowest BCUT2D eigenvalue weighted by Crippen LogP contribution is -2.42. The van der Waals surface area contributed by atoms with Crippen LogP contribution in [-0.4, -0.2) is 41.3 Å². The second kappa shape index (κ2) is 7.54. The SMILES string of the molecule is CNC(=S)N(Cc1cc2ccc(C)c(C)c2[nH]c1=O)CC1CCCO1. The summed E-state index contributed by atoms with van der Waals surface area (Å²) < 4.78 is 5.73. The molecule has 1 saturated heterocycles. The maximum absolute atomic E-state index is 12.6. The molecule has 1 fully saturated rings. The molecule has 2 heterocycles. The molecule has 25 heavy (non-hydrogen) atoms. The van der Waals surface area contributed by atoms with Crippen LogP contribution in [0.2, 0.25) is 0 Å². The van der Waals surface area contributed by atoms with Crippen molar-refractivity contribution in [2.24, 2.45) is 0 Å². The van der Waals surface area contributed by atoms with E-state index in [1.54, 1.807) is 0 Å². The maximum Gasteiger partial charge on any atom is 0.253 e. The summed E-state index contributed by atoms with van der Waals surface area (Å²) in [6.07, 6.45) is 2.30. The van der Waals surface area contributed by atoms with Crippen LogP contribution in [0.3, 0.4) is 0 Å². The normalized spacial score (nSPS) is 17.0. The van der Waals surface area contributed by atoms with E-state index in [1.165, 1.54) is 5.56 Å². The number of thiocarbonyl (C=S) groups is 1. The van der Waals surface area contributed by atoms with Crippen molar-refractivity contribution in [2.75, 3.05) is 20.2 Å². The molecule has 0 spiro atoms. The van der Waals surface area contributed by atoms with Gasteiger partial charge in [0, 0.05) is 25.8 Å². The predicted octanol–water partition coefficient (Wildman–Crippen LogP) is 2.63. The van der Waals surface area contributed by atoms with E-state index in [4.69, 9.17) is 17.0 Å². The number of rotatable bonds is 4. The number of hydrogen-bond acceptors (Lipinski definition) is 3. The second-order valence-electron chi connectivity index (χ2n) is 6.67. The van der Waals surface area contributed by atoms with Gasteiger partial charge in [0.05, 0.1) is 18.2 Å². The van der Waals surface area contributed by atoms with Gasteiger partial charge in [-0.05, 0) is 61.5 Å². The van der Waals surface area contributed by atoms with E-state index >= 15 is 0 Å². The van der Waals surface area contributed by atoms with Crippen LogP contribution in [0, 0.1) is 13.8 Å². The lowest BCUT2D eigenvalue weighted by molar-refractivity contribution is 0.0898. The minimum absolute atomic E-state index is 0.0579. The van der Waals surface area contributed by atoms with Gasteiger partial charge in [-0.25, -0.2) is 0 Å². The summed E-state index contributed by atoms with van der Waals surface area (Å²) in [5.74, 6) is 0. The number of aromatic amines is 1. The summed E-state index contributed by atoms with van der Waals surface area (Å²) in [4.78, 5) is 17.7. The lowest BCUT2D eigenvalue weighted by Gasteiger charge is -2.27. The first kappa shape index (κ1) is 17.9. The second-order valence-corrected chi connectivity index (χ2v) is 7.05. The van der Waals surface area contributed by atoms with Gasteiger partial charge in [-0.15, -0.1) is 0 Å². The first-order chi connectivity index (χ1) is 12.0. The number of H-pyrrole nitrogens is 1. The third kappa shape index (κ3) is 3.85. The highest BCUT2D eigenvalue weighted by Gasteiger charge is 2.21. The average molecular weight is 359 g/mol. The quantitative estimate of drug-likeness (QED) is 0.822. The first-order valence-corrected chi connectivity index (χ1v) is 9.11. The number of nitrogens with one attached hydrogen (secondary N) is 2. The van der Waals surface area contributed by atoms with Crippen molar-refractivity contribution in [2.45, 2.75) is 39.3 Å². The van der Waals surface area contributed by atoms with Gasteiger partial charge in [0.25, 0.3) is 5.56 Å². The molecule has 5 nitrogen and oxygen atoms in total. The molecule has 1 aromatic carbocycles. The Morgan fingerprint density at radius 3 is 2.92 bits per heavy atom. The number of nitrogens with zero attached hydrogens (tertiary/aromatic N) is 1. The van der Waals surface area contributed by atoms with Gasteiger partial charge < -0.3 is 19.9 Å².